The van der Waals surface area contributed by atoms with E-state index in [0.717, 1.165) is 12.0 Å². The predicted octanol–water partition coefficient (Wildman–Crippen LogP) is 5.85. The molecule has 2 aromatic heterocycles. The summed E-state index contributed by atoms with van der Waals surface area (Å²) in [7, 11) is 1.57. The molecule has 0 unspecified atom stereocenters. The third kappa shape index (κ3) is 7.89. The first-order chi connectivity index (χ1) is 21.7. The van der Waals surface area contributed by atoms with E-state index >= 15 is 4.39 Å². The minimum Gasteiger partial charge on any atom is -0.481 e. The molecule has 5 rings (SSSR count). The number of hydrogen-bond donors (Lipinski definition) is 5. The Morgan fingerprint density at radius 3 is 2.53 bits per heavy atom. The molecule has 1 aliphatic heterocycles. The zero-order valence-electron chi connectivity index (χ0n) is 25.0. The summed E-state index contributed by atoms with van der Waals surface area (Å²) < 4.78 is 20.9. The zero-order chi connectivity index (χ0) is 31.9. The highest BCUT2D eigenvalue weighted by atomic mass is 35.5. The smallest absolute Gasteiger partial charge is 0.220 e. The van der Waals surface area contributed by atoms with Gasteiger partial charge in [0.05, 0.1) is 34.6 Å². The van der Waals surface area contributed by atoms with E-state index in [0.29, 0.717) is 64.9 Å². The average molecular weight is 654 g/mol. The molecule has 45 heavy (non-hydrogen) atoms. The number of nitrogens with one attached hydrogen (secondary N) is 4. The topological polar surface area (TPSA) is 120 Å². The molecule has 1 fully saturated rings. The molecule has 3 heterocycles. The molecule has 4 aromatic rings. The van der Waals surface area contributed by atoms with Gasteiger partial charge in [0.2, 0.25) is 11.8 Å². The van der Waals surface area contributed by atoms with Crippen LogP contribution in [0, 0.1) is 5.82 Å². The summed E-state index contributed by atoms with van der Waals surface area (Å²) in [5.74, 6) is 0.387. The Balaban J connectivity index is 1.36. The van der Waals surface area contributed by atoms with E-state index in [9.17, 15) is 9.90 Å². The molecule has 0 bridgehead atoms. The van der Waals surface area contributed by atoms with Gasteiger partial charge in [-0.15, -0.1) is 0 Å². The zero-order valence-corrected chi connectivity index (χ0v) is 26.5. The van der Waals surface area contributed by atoms with Gasteiger partial charge in [-0.3, -0.25) is 4.79 Å². The maximum Gasteiger partial charge on any atom is 0.220 e. The monoisotopic (exact) mass is 652 g/mol. The Labute approximate surface area is 271 Å². The maximum absolute atomic E-state index is 15.3. The summed E-state index contributed by atoms with van der Waals surface area (Å²) in [4.78, 5) is 20.5. The second kappa shape index (κ2) is 15.0. The highest BCUT2D eigenvalue weighted by molar-refractivity contribution is 6.39. The number of aliphatic hydroxyl groups is 1. The van der Waals surface area contributed by atoms with Crippen LogP contribution in [0.5, 0.6) is 5.88 Å². The summed E-state index contributed by atoms with van der Waals surface area (Å²) in [5, 5.41) is 22.6. The Morgan fingerprint density at radius 1 is 1.02 bits per heavy atom. The molecule has 2 aromatic carbocycles. The van der Waals surface area contributed by atoms with Gasteiger partial charge in [0, 0.05) is 72.7 Å². The third-order valence-corrected chi connectivity index (χ3v) is 8.25. The van der Waals surface area contributed by atoms with E-state index in [1.54, 1.807) is 44.5 Å². The largest absolute Gasteiger partial charge is 0.481 e. The number of pyridine rings is 2. The quantitative estimate of drug-likeness (QED) is 0.122. The molecule has 5 N–H and O–H groups in total. The Hall–Kier alpha value is -3.80. The van der Waals surface area contributed by atoms with Crippen LogP contribution in [-0.4, -0.2) is 53.3 Å². The Kier molecular flexibility index (Phi) is 10.9. The van der Waals surface area contributed by atoms with E-state index in [4.69, 9.17) is 32.9 Å². The van der Waals surface area contributed by atoms with Crippen LogP contribution in [0.1, 0.15) is 30.9 Å². The van der Waals surface area contributed by atoms with Crippen LogP contribution in [0.2, 0.25) is 10.0 Å². The number of ether oxygens (including phenoxy) is 1. The van der Waals surface area contributed by atoms with E-state index in [2.05, 4.69) is 26.3 Å². The second-order valence-electron chi connectivity index (χ2n) is 10.9. The Bertz CT molecular complexity index is 1670. The fourth-order valence-electron chi connectivity index (χ4n) is 5.17. The van der Waals surface area contributed by atoms with Crippen LogP contribution >= 0.6 is 23.2 Å². The first kappa shape index (κ1) is 32.6. The van der Waals surface area contributed by atoms with Crippen molar-refractivity contribution in [3.05, 3.63) is 87.8 Å². The minimum atomic E-state index is -0.538. The van der Waals surface area contributed by atoms with Crippen LogP contribution in [-0.2, 0) is 17.9 Å². The molecular weight excluding hydrogens is 618 g/mol. The van der Waals surface area contributed by atoms with Crippen molar-refractivity contribution in [1.29, 1.82) is 0 Å². The summed E-state index contributed by atoms with van der Waals surface area (Å²) in [6, 6.07) is 16.3. The molecule has 2 atom stereocenters. The van der Waals surface area contributed by atoms with E-state index < -0.39 is 11.9 Å². The fourth-order valence-corrected chi connectivity index (χ4v) is 5.76. The highest BCUT2D eigenvalue weighted by Gasteiger charge is 2.21. The van der Waals surface area contributed by atoms with Gasteiger partial charge in [-0.1, -0.05) is 59.6 Å². The van der Waals surface area contributed by atoms with Crippen molar-refractivity contribution in [2.24, 2.45) is 0 Å². The summed E-state index contributed by atoms with van der Waals surface area (Å²) >= 11 is 13.8. The number of hydrogen-bond acceptors (Lipinski definition) is 8. The van der Waals surface area contributed by atoms with Crippen LogP contribution in [0.15, 0.2) is 60.8 Å². The van der Waals surface area contributed by atoms with Crippen molar-refractivity contribution >= 4 is 40.6 Å². The lowest BCUT2D eigenvalue weighted by Crippen LogP contribution is -2.35. The molecule has 0 aliphatic carbocycles. The lowest BCUT2D eigenvalue weighted by Gasteiger charge is -2.16. The van der Waals surface area contributed by atoms with E-state index in [-0.39, 0.29) is 35.0 Å². The maximum atomic E-state index is 15.3. The number of halogens is 3. The predicted molar refractivity (Wildman–Crippen MR) is 175 cm³/mol. The van der Waals surface area contributed by atoms with Crippen molar-refractivity contribution in [1.82, 2.24) is 25.9 Å². The summed E-state index contributed by atoms with van der Waals surface area (Å²) in [6.45, 7) is 3.45. The van der Waals surface area contributed by atoms with Crippen LogP contribution in [0.25, 0.3) is 22.4 Å². The van der Waals surface area contributed by atoms with Crippen molar-refractivity contribution in [3.63, 3.8) is 0 Å². The molecule has 9 nitrogen and oxygen atoms in total. The first-order valence-electron chi connectivity index (χ1n) is 14.7. The summed E-state index contributed by atoms with van der Waals surface area (Å²) in [5.41, 5.74) is 4.12. The molecule has 236 valence electrons. The van der Waals surface area contributed by atoms with E-state index in [1.165, 1.54) is 0 Å². The normalized spacial score (nSPS) is 15.2. The lowest BCUT2D eigenvalue weighted by molar-refractivity contribution is -0.119. The number of aliphatic hydroxyl groups excluding tert-OH is 1. The number of rotatable bonds is 13. The molecule has 0 spiro atoms. The average Bonchev–Trinajstić information content (AvgIpc) is 3.45. The molecule has 1 amide bonds. The minimum absolute atomic E-state index is 0.0856. The number of amides is 1. The van der Waals surface area contributed by atoms with Crippen molar-refractivity contribution in [2.75, 3.05) is 25.5 Å². The standard InChI is InChI=1S/C33H35Cl2FN6O3/c1-19(43)15-37-16-20-5-3-8-27(31(20)36)41-32-30(35)24(13-14-39-32)23-6-4-7-25(29(23)34)26-11-9-21(33(42-26)45-2)17-38-18-22-10-12-28(44)40-22/h3-9,11,13-14,19,22,37-38,43H,10,12,15-18H2,1-2H3,(H,39,41)(H,40,44)/t19-,22-/m1/s1. The van der Waals surface area contributed by atoms with Gasteiger partial charge < -0.3 is 31.1 Å². The van der Waals surface area contributed by atoms with Gasteiger partial charge in [0.25, 0.3) is 0 Å². The molecular formula is C33H35Cl2FN6O3. The van der Waals surface area contributed by atoms with Gasteiger partial charge in [-0.25, -0.2) is 14.4 Å². The Morgan fingerprint density at radius 2 is 1.78 bits per heavy atom. The van der Waals surface area contributed by atoms with E-state index in [1.807, 2.05) is 30.3 Å². The third-order valence-electron chi connectivity index (χ3n) is 7.46. The number of benzene rings is 2. The van der Waals surface area contributed by atoms with Gasteiger partial charge in [-0.2, -0.15) is 0 Å². The van der Waals surface area contributed by atoms with Crippen LogP contribution < -0.4 is 26.0 Å². The molecule has 12 heteroatoms. The fraction of sp³-hybridized carbons (Fsp3) is 0.303. The van der Waals surface area contributed by atoms with Gasteiger partial charge in [0.1, 0.15) is 5.82 Å². The molecule has 0 radical (unpaired) electrons. The van der Waals surface area contributed by atoms with Gasteiger partial charge in [0.15, 0.2) is 5.82 Å². The van der Waals surface area contributed by atoms with Crippen LogP contribution in [0.4, 0.5) is 15.9 Å². The first-order valence-corrected chi connectivity index (χ1v) is 15.4. The summed E-state index contributed by atoms with van der Waals surface area (Å²) in [6.07, 6.45) is 2.42. The lowest BCUT2D eigenvalue weighted by atomic mass is 10.0. The number of methoxy groups -OCH3 is 1. The van der Waals surface area contributed by atoms with Crippen molar-refractivity contribution in [3.8, 4) is 28.3 Å². The van der Waals surface area contributed by atoms with Gasteiger partial charge >= 0.3 is 0 Å². The van der Waals surface area contributed by atoms with Crippen molar-refractivity contribution < 1.29 is 19.0 Å². The highest BCUT2D eigenvalue weighted by Crippen LogP contribution is 2.41. The van der Waals surface area contributed by atoms with Crippen LogP contribution in [0.3, 0.4) is 0 Å². The second-order valence-corrected chi connectivity index (χ2v) is 11.6. The molecule has 1 aliphatic rings. The molecule has 0 saturated carbocycles. The number of nitrogens with zero attached hydrogens (tertiary/aromatic N) is 2. The number of carbonyl (C=O) groups is 1. The number of anilines is 2. The van der Waals surface area contributed by atoms with Gasteiger partial charge in [-0.05, 0) is 31.5 Å². The number of carbonyl (C=O) groups excluding carboxylic acids is 1. The van der Waals surface area contributed by atoms with Crippen molar-refractivity contribution in [2.45, 2.75) is 45.0 Å². The molecule has 1 saturated heterocycles. The SMILES string of the molecule is COc1nc(-c2cccc(-c3ccnc(Nc4cccc(CNC[C@@H](C)O)c4F)c3Cl)c2Cl)ccc1CNC[C@H]1CCC(=O)N1. The number of aromatic nitrogens is 2.